The zero-order valence-corrected chi connectivity index (χ0v) is 9.14. The summed E-state index contributed by atoms with van der Waals surface area (Å²) in [6.07, 6.45) is 10.0. The molecule has 1 fully saturated rings. The van der Waals surface area contributed by atoms with Crippen LogP contribution in [0.1, 0.15) is 53.4 Å². The van der Waals surface area contributed by atoms with Crippen molar-refractivity contribution in [2.24, 2.45) is 11.8 Å². The van der Waals surface area contributed by atoms with Crippen molar-refractivity contribution in [2.45, 2.75) is 53.4 Å². The van der Waals surface area contributed by atoms with Crippen molar-refractivity contribution >= 4 is 0 Å². The molecule has 1 aliphatic carbocycles. The van der Waals surface area contributed by atoms with Crippen molar-refractivity contribution in [2.75, 3.05) is 0 Å². The van der Waals surface area contributed by atoms with Crippen molar-refractivity contribution < 1.29 is 0 Å². The predicted molar refractivity (Wildman–Crippen MR) is 57.3 cm³/mol. The normalized spacial score (nSPS) is 19.7. The third-order valence-corrected chi connectivity index (χ3v) is 2.56. The smallest absolute Gasteiger partial charge is 0.0265 e. The molecule has 72 valence electrons. The Morgan fingerprint density at radius 1 is 1.42 bits per heavy atom. The minimum Gasteiger partial charge on any atom is -0.0914 e. The van der Waals surface area contributed by atoms with Gasteiger partial charge in [-0.25, -0.2) is 0 Å². The molecule has 0 saturated heterocycles. The van der Waals surface area contributed by atoms with Crippen LogP contribution in [0.2, 0.25) is 0 Å². The summed E-state index contributed by atoms with van der Waals surface area (Å²) in [6, 6.07) is 0. The molecular weight excluding hydrogens is 144 g/mol. The molecule has 1 unspecified atom stereocenters. The van der Waals surface area contributed by atoms with Gasteiger partial charge < -0.3 is 0 Å². The Kier molecular flexibility index (Phi) is 7.23. The standard InChI is InChI=1S/C7H14.C5H10/c1-4-6-7(3)5-2;1-5-3-2-4-5/h4,6-7H,5H2,1-3H3;5H,2-4H2,1H3/b6-4-;. The topological polar surface area (TPSA) is 0 Å². The van der Waals surface area contributed by atoms with E-state index in [0.717, 1.165) is 11.8 Å². The van der Waals surface area contributed by atoms with Crippen LogP contribution in [0.25, 0.3) is 0 Å². The molecule has 0 spiro atoms. The van der Waals surface area contributed by atoms with E-state index in [-0.39, 0.29) is 0 Å². The van der Waals surface area contributed by atoms with E-state index in [1.54, 1.807) is 0 Å². The molecule has 0 aromatic carbocycles. The maximum absolute atomic E-state index is 2.31. The highest BCUT2D eigenvalue weighted by molar-refractivity contribution is 4.81. The summed E-state index contributed by atoms with van der Waals surface area (Å²) in [4.78, 5) is 0. The van der Waals surface area contributed by atoms with Crippen LogP contribution in [-0.2, 0) is 0 Å². The Hall–Kier alpha value is -0.260. The molecule has 1 aliphatic rings. The first-order valence-corrected chi connectivity index (χ1v) is 5.33. The molecule has 1 saturated carbocycles. The van der Waals surface area contributed by atoms with Crippen LogP contribution in [0.4, 0.5) is 0 Å². The van der Waals surface area contributed by atoms with Crippen molar-refractivity contribution in [3.63, 3.8) is 0 Å². The lowest BCUT2D eigenvalue weighted by Gasteiger charge is -2.18. The number of hydrogen-bond donors (Lipinski definition) is 0. The zero-order chi connectivity index (χ0) is 9.40. The van der Waals surface area contributed by atoms with Gasteiger partial charge in [-0.2, -0.15) is 0 Å². The summed E-state index contributed by atoms with van der Waals surface area (Å²) in [6.45, 7) is 8.79. The lowest BCUT2D eigenvalue weighted by molar-refractivity contribution is 0.346. The second-order valence-electron chi connectivity index (χ2n) is 3.95. The first-order chi connectivity index (χ1) is 5.70. The van der Waals surface area contributed by atoms with Crippen LogP contribution in [-0.4, -0.2) is 0 Å². The lowest BCUT2D eigenvalue weighted by Crippen LogP contribution is -2.04. The van der Waals surface area contributed by atoms with Gasteiger partial charge in [0, 0.05) is 0 Å². The quantitative estimate of drug-likeness (QED) is 0.536. The van der Waals surface area contributed by atoms with Gasteiger partial charge in [-0.1, -0.05) is 58.6 Å². The highest BCUT2D eigenvalue weighted by Crippen LogP contribution is 2.24. The zero-order valence-electron chi connectivity index (χ0n) is 9.14. The van der Waals surface area contributed by atoms with Crippen LogP contribution in [0.15, 0.2) is 12.2 Å². The van der Waals surface area contributed by atoms with Gasteiger partial charge in [0.2, 0.25) is 0 Å². The average molecular weight is 168 g/mol. The summed E-state index contributed by atoms with van der Waals surface area (Å²) >= 11 is 0. The largest absolute Gasteiger partial charge is 0.0914 e. The van der Waals surface area contributed by atoms with Gasteiger partial charge >= 0.3 is 0 Å². The molecule has 0 radical (unpaired) electrons. The van der Waals surface area contributed by atoms with E-state index < -0.39 is 0 Å². The Balaban J connectivity index is 0.000000211. The molecule has 1 rings (SSSR count). The molecule has 0 aromatic rings. The third kappa shape index (κ3) is 6.45. The summed E-state index contributed by atoms with van der Waals surface area (Å²) < 4.78 is 0. The highest BCUT2D eigenvalue weighted by Gasteiger charge is 2.09. The Labute approximate surface area is 78.1 Å². The fourth-order valence-electron chi connectivity index (χ4n) is 1.08. The van der Waals surface area contributed by atoms with Gasteiger partial charge in [-0.15, -0.1) is 0 Å². The third-order valence-electron chi connectivity index (χ3n) is 2.56. The molecule has 0 heterocycles. The summed E-state index contributed by atoms with van der Waals surface area (Å²) in [5, 5.41) is 0. The second-order valence-corrected chi connectivity index (χ2v) is 3.95. The Bertz CT molecular complexity index is 109. The SMILES string of the molecule is C/C=C\C(C)CC.CC1CCC1. The number of rotatable bonds is 2. The van der Waals surface area contributed by atoms with Gasteiger partial charge in [-0.05, 0) is 18.8 Å². The predicted octanol–water partition coefficient (Wildman–Crippen LogP) is 4.42. The molecule has 0 aromatic heterocycles. The van der Waals surface area contributed by atoms with Crippen LogP contribution in [0.5, 0.6) is 0 Å². The molecule has 0 nitrogen and oxygen atoms in total. The van der Waals surface area contributed by atoms with Gasteiger partial charge in [0.05, 0.1) is 0 Å². The molecule has 0 bridgehead atoms. The molecule has 12 heavy (non-hydrogen) atoms. The molecule has 0 N–H and O–H groups in total. The van der Waals surface area contributed by atoms with Crippen molar-refractivity contribution in [3.8, 4) is 0 Å². The fraction of sp³-hybridized carbons (Fsp3) is 0.833. The van der Waals surface area contributed by atoms with Gasteiger partial charge in [0.1, 0.15) is 0 Å². The Morgan fingerprint density at radius 2 is 1.92 bits per heavy atom. The average Bonchev–Trinajstić information content (AvgIpc) is 2.02. The summed E-state index contributed by atoms with van der Waals surface area (Å²) in [5.41, 5.74) is 0. The van der Waals surface area contributed by atoms with Crippen LogP contribution in [0.3, 0.4) is 0 Å². The van der Waals surface area contributed by atoms with Crippen molar-refractivity contribution in [1.82, 2.24) is 0 Å². The second kappa shape index (κ2) is 7.39. The fourth-order valence-corrected chi connectivity index (χ4v) is 1.08. The lowest BCUT2D eigenvalue weighted by atomic mass is 9.88. The minimum atomic E-state index is 0.769. The maximum Gasteiger partial charge on any atom is -0.0265 e. The van der Waals surface area contributed by atoms with E-state index in [0.29, 0.717) is 0 Å². The summed E-state index contributed by atoms with van der Waals surface area (Å²) in [7, 11) is 0. The van der Waals surface area contributed by atoms with E-state index in [9.17, 15) is 0 Å². The first-order valence-electron chi connectivity index (χ1n) is 5.33. The monoisotopic (exact) mass is 168 g/mol. The van der Waals surface area contributed by atoms with E-state index >= 15 is 0 Å². The van der Waals surface area contributed by atoms with Crippen LogP contribution in [0, 0.1) is 11.8 Å². The summed E-state index contributed by atoms with van der Waals surface area (Å²) in [5.74, 6) is 1.83. The molecular formula is C12H24. The van der Waals surface area contributed by atoms with Crippen molar-refractivity contribution in [3.05, 3.63) is 12.2 Å². The van der Waals surface area contributed by atoms with Crippen LogP contribution >= 0.6 is 0 Å². The Morgan fingerprint density at radius 3 is 2.00 bits per heavy atom. The molecule has 1 atom stereocenters. The molecule has 0 amide bonds. The van der Waals surface area contributed by atoms with E-state index in [1.807, 2.05) is 0 Å². The van der Waals surface area contributed by atoms with E-state index in [1.165, 1.54) is 25.7 Å². The highest BCUT2D eigenvalue weighted by atomic mass is 14.1. The number of hydrogen-bond acceptors (Lipinski definition) is 0. The van der Waals surface area contributed by atoms with Gasteiger partial charge in [0.25, 0.3) is 0 Å². The molecule has 0 heteroatoms. The van der Waals surface area contributed by atoms with E-state index in [2.05, 4.69) is 39.8 Å². The maximum atomic E-state index is 2.31. The van der Waals surface area contributed by atoms with Crippen molar-refractivity contribution in [1.29, 1.82) is 0 Å². The number of allylic oxidation sites excluding steroid dienone is 2. The molecule has 0 aliphatic heterocycles. The van der Waals surface area contributed by atoms with Gasteiger partial charge in [-0.3, -0.25) is 0 Å². The van der Waals surface area contributed by atoms with Crippen LogP contribution < -0.4 is 0 Å². The first kappa shape index (κ1) is 11.7. The minimum absolute atomic E-state index is 0.769. The van der Waals surface area contributed by atoms with Gasteiger partial charge in [0.15, 0.2) is 0 Å². The van der Waals surface area contributed by atoms with E-state index in [4.69, 9.17) is 0 Å².